The molecule has 1 aromatic heterocycles. The number of carbonyl (C=O) groups excluding carboxylic acids is 2. The second-order valence-corrected chi connectivity index (χ2v) is 5.33. The lowest BCUT2D eigenvalue weighted by Gasteiger charge is -2.14. The Bertz CT molecular complexity index is 636. The zero-order chi connectivity index (χ0) is 14.0. The second kappa shape index (κ2) is 5.27. The number of hydrogen-bond donors (Lipinski definition) is 2. The minimum Gasteiger partial charge on any atom is -0.399 e. The number of fused-ring (bicyclic) bond motifs is 1. The lowest BCUT2D eigenvalue weighted by molar-refractivity contribution is -0.121. The number of anilines is 1. The molecule has 0 radical (unpaired) electrons. The number of nitrogens with zero attached hydrogens (tertiary/aromatic N) is 1. The van der Waals surface area contributed by atoms with Crippen molar-refractivity contribution in [1.82, 2.24) is 10.2 Å². The first-order chi connectivity index (χ1) is 9.01. The number of nitrogen functional groups attached to an aromatic ring is 1. The predicted molar refractivity (Wildman–Crippen MR) is 77.3 cm³/mol. The highest BCUT2D eigenvalue weighted by molar-refractivity contribution is 7.20. The van der Waals surface area contributed by atoms with Gasteiger partial charge < -0.3 is 16.0 Å². The van der Waals surface area contributed by atoms with Gasteiger partial charge in [-0.2, -0.15) is 0 Å². The summed E-state index contributed by atoms with van der Waals surface area (Å²) in [6, 6.07) is 7.34. The van der Waals surface area contributed by atoms with Crippen LogP contribution in [-0.4, -0.2) is 37.4 Å². The molecule has 0 bridgehead atoms. The van der Waals surface area contributed by atoms with Gasteiger partial charge in [-0.1, -0.05) is 0 Å². The summed E-state index contributed by atoms with van der Waals surface area (Å²) < 4.78 is 1.01. The van der Waals surface area contributed by atoms with Crippen molar-refractivity contribution in [3.05, 3.63) is 29.1 Å². The van der Waals surface area contributed by atoms with Crippen LogP contribution in [0.4, 0.5) is 5.69 Å². The predicted octanol–water partition coefficient (Wildman–Crippen LogP) is 1.30. The third-order valence-corrected chi connectivity index (χ3v) is 3.86. The Balaban J connectivity index is 2.23. The fourth-order valence-corrected chi connectivity index (χ4v) is 2.76. The molecule has 0 fully saturated rings. The van der Waals surface area contributed by atoms with E-state index in [9.17, 15) is 9.59 Å². The van der Waals surface area contributed by atoms with Crippen molar-refractivity contribution in [3.8, 4) is 0 Å². The van der Waals surface area contributed by atoms with Gasteiger partial charge in [0.15, 0.2) is 0 Å². The minimum absolute atomic E-state index is 0.0473. The highest BCUT2D eigenvalue weighted by atomic mass is 32.1. The number of hydrogen-bond acceptors (Lipinski definition) is 4. The van der Waals surface area contributed by atoms with Crippen LogP contribution in [0, 0.1) is 0 Å². The molecule has 2 rings (SSSR count). The molecule has 0 aliphatic rings. The molecule has 0 aliphatic heterocycles. The van der Waals surface area contributed by atoms with Crippen molar-refractivity contribution in [2.45, 2.75) is 0 Å². The van der Waals surface area contributed by atoms with Crippen LogP contribution < -0.4 is 11.1 Å². The number of thiophene rings is 1. The Kier molecular flexibility index (Phi) is 3.71. The molecule has 19 heavy (non-hydrogen) atoms. The molecule has 100 valence electrons. The smallest absolute Gasteiger partial charge is 0.264 e. The van der Waals surface area contributed by atoms with Gasteiger partial charge in [0.2, 0.25) is 5.91 Å². The number of rotatable bonds is 3. The topological polar surface area (TPSA) is 75.4 Å². The third kappa shape index (κ3) is 2.85. The average Bonchev–Trinajstić information content (AvgIpc) is 2.80. The molecule has 0 spiro atoms. The zero-order valence-electron chi connectivity index (χ0n) is 10.8. The van der Waals surface area contributed by atoms with Crippen LogP contribution in [0.5, 0.6) is 0 Å². The summed E-state index contributed by atoms with van der Waals surface area (Å²) in [4.78, 5) is 25.4. The van der Waals surface area contributed by atoms with Gasteiger partial charge in [0, 0.05) is 24.5 Å². The van der Waals surface area contributed by atoms with Gasteiger partial charge in [-0.25, -0.2) is 0 Å². The molecule has 2 aromatic rings. The third-order valence-electron chi connectivity index (χ3n) is 2.76. The summed E-state index contributed by atoms with van der Waals surface area (Å²) in [6.45, 7) is 0.0473. The first-order valence-corrected chi connectivity index (χ1v) is 6.58. The van der Waals surface area contributed by atoms with Crippen LogP contribution >= 0.6 is 11.3 Å². The number of benzene rings is 1. The van der Waals surface area contributed by atoms with E-state index in [1.54, 1.807) is 26.2 Å². The van der Waals surface area contributed by atoms with Crippen LogP contribution in [0.3, 0.4) is 0 Å². The van der Waals surface area contributed by atoms with Gasteiger partial charge >= 0.3 is 0 Å². The largest absolute Gasteiger partial charge is 0.399 e. The van der Waals surface area contributed by atoms with Crippen molar-refractivity contribution in [3.63, 3.8) is 0 Å². The van der Waals surface area contributed by atoms with E-state index < -0.39 is 0 Å². The average molecular weight is 277 g/mol. The molecule has 0 unspecified atom stereocenters. The van der Waals surface area contributed by atoms with Crippen LogP contribution in [-0.2, 0) is 4.79 Å². The standard InChI is InChI=1S/C13H15N3O2S/c1-15-12(17)7-16(2)13(18)11-6-8-5-9(14)3-4-10(8)19-11/h3-6H,7,14H2,1-2H3,(H,15,17). The van der Waals surface area contributed by atoms with Crippen LogP contribution in [0.25, 0.3) is 10.1 Å². The van der Waals surface area contributed by atoms with E-state index in [0.717, 1.165) is 10.1 Å². The van der Waals surface area contributed by atoms with Gasteiger partial charge in [0.25, 0.3) is 5.91 Å². The Morgan fingerprint density at radius 2 is 2.11 bits per heavy atom. The maximum absolute atomic E-state index is 12.2. The summed E-state index contributed by atoms with van der Waals surface area (Å²) in [6.07, 6.45) is 0. The molecular formula is C13H15N3O2S. The lowest BCUT2D eigenvalue weighted by Crippen LogP contribution is -2.36. The van der Waals surface area contributed by atoms with Crippen molar-refractivity contribution < 1.29 is 9.59 Å². The molecule has 1 aromatic carbocycles. The van der Waals surface area contributed by atoms with Crippen molar-refractivity contribution in [1.29, 1.82) is 0 Å². The molecule has 0 saturated heterocycles. The summed E-state index contributed by atoms with van der Waals surface area (Å²) in [5.41, 5.74) is 6.38. The zero-order valence-corrected chi connectivity index (χ0v) is 11.6. The molecule has 0 saturated carbocycles. The summed E-state index contributed by atoms with van der Waals surface area (Å²) in [7, 11) is 3.15. The molecule has 1 heterocycles. The highest BCUT2D eigenvalue weighted by Gasteiger charge is 2.16. The van der Waals surface area contributed by atoms with E-state index in [0.29, 0.717) is 10.6 Å². The van der Waals surface area contributed by atoms with Crippen molar-refractivity contribution in [2.75, 3.05) is 26.4 Å². The quantitative estimate of drug-likeness (QED) is 0.830. The first kappa shape index (κ1) is 13.4. The fraction of sp³-hybridized carbons (Fsp3) is 0.231. The number of nitrogens with one attached hydrogen (secondary N) is 1. The van der Waals surface area contributed by atoms with E-state index in [2.05, 4.69) is 5.32 Å². The van der Waals surface area contributed by atoms with Gasteiger partial charge in [-0.15, -0.1) is 11.3 Å². The molecule has 5 nitrogen and oxygen atoms in total. The van der Waals surface area contributed by atoms with Crippen LogP contribution in [0.1, 0.15) is 9.67 Å². The van der Waals surface area contributed by atoms with Crippen molar-refractivity contribution >= 4 is 38.9 Å². The molecule has 0 atom stereocenters. The van der Waals surface area contributed by atoms with E-state index in [-0.39, 0.29) is 18.4 Å². The number of nitrogens with two attached hydrogens (primary N) is 1. The second-order valence-electron chi connectivity index (χ2n) is 4.24. The molecular weight excluding hydrogens is 262 g/mol. The Labute approximate surface area is 115 Å². The normalized spacial score (nSPS) is 10.4. The molecule has 0 aliphatic carbocycles. The maximum Gasteiger partial charge on any atom is 0.264 e. The number of carbonyl (C=O) groups is 2. The van der Waals surface area contributed by atoms with Gasteiger partial charge in [-0.05, 0) is 29.7 Å². The molecule has 6 heteroatoms. The van der Waals surface area contributed by atoms with Crippen molar-refractivity contribution in [2.24, 2.45) is 0 Å². The first-order valence-electron chi connectivity index (χ1n) is 5.76. The SMILES string of the molecule is CNC(=O)CN(C)C(=O)c1cc2cc(N)ccc2s1. The number of likely N-dealkylation sites (N-methyl/N-ethyl adjacent to an activating group) is 2. The monoisotopic (exact) mass is 277 g/mol. The lowest BCUT2D eigenvalue weighted by atomic mass is 10.2. The van der Waals surface area contributed by atoms with E-state index in [4.69, 9.17) is 5.73 Å². The van der Waals surface area contributed by atoms with Gasteiger partial charge in [0.1, 0.15) is 0 Å². The number of amides is 2. The summed E-state index contributed by atoms with van der Waals surface area (Å²) in [5.74, 6) is -0.357. The summed E-state index contributed by atoms with van der Waals surface area (Å²) in [5, 5.41) is 3.44. The Morgan fingerprint density at radius 3 is 2.79 bits per heavy atom. The Morgan fingerprint density at radius 1 is 1.37 bits per heavy atom. The minimum atomic E-state index is -0.193. The van der Waals surface area contributed by atoms with Crippen LogP contribution in [0.2, 0.25) is 0 Å². The van der Waals surface area contributed by atoms with Gasteiger partial charge in [-0.3, -0.25) is 9.59 Å². The molecule has 2 amide bonds. The van der Waals surface area contributed by atoms with E-state index in [1.807, 2.05) is 12.1 Å². The fourth-order valence-electron chi connectivity index (χ4n) is 1.72. The molecule has 3 N–H and O–H groups in total. The highest BCUT2D eigenvalue weighted by Crippen LogP contribution is 2.27. The van der Waals surface area contributed by atoms with Crippen LogP contribution in [0.15, 0.2) is 24.3 Å². The maximum atomic E-state index is 12.2. The Hall–Kier alpha value is -2.08. The van der Waals surface area contributed by atoms with Gasteiger partial charge in [0.05, 0.1) is 11.4 Å². The van der Waals surface area contributed by atoms with E-state index >= 15 is 0 Å². The van der Waals surface area contributed by atoms with E-state index in [1.165, 1.54) is 16.2 Å². The summed E-state index contributed by atoms with van der Waals surface area (Å²) >= 11 is 1.40.